The van der Waals surface area contributed by atoms with E-state index in [2.05, 4.69) is 38.0 Å². The molecule has 88 valence electrons. The fourth-order valence-corrected chi connectivity index (χ4v) is 2.10. The molecule has 0 bridgehead atoms. The van der Waals surface area contributed by atoms with Crippen LogP contribution in [0.15, 0.2) is 41.1 Å². The lowest BCUT2D eigenvalue weighted by Gasteiger charge is -2.17. The van der Waals surface area contributed by atoms with E-state index in [4.69, 9.17) is 11.6 Å². The smallest absolute Gasteiger partial charge is 0.149 e. The zero-order chi connectivity index (χ0) is 12.3. The highest BCUT2D eigenvalue weighted by molar-refractivity contribution is 9.10. The minimum atomic E-state index is 0.406. The minimum absolute atomic E-state index is 0.406. The van der Waals surface area contributed by atoms with E-state index >= 15 is 0 Å². The van der Waals surface area contributed by atoms with Gasteiger partial charge in [-0.15, -0.1) is 0 Å². The highest BCUT2D eigenvalue weighted by atomic mass is 79.9. The van der Waals surface area contributed by atoms with Gasteiger partial charge in [0.1, 0.15) is 11.0 Å². The predicted octanol–water partition coefficient (Wildman–Crippen LogP) is 3.53. The third-order valence-corrected chi connectivity index (χ3v) is 2.97. The summed E-state index contributed by atoms with van der Waals surface area (Å²) in [5, 5.41) is 0.406. The number of aromatic nitrogens is 2. The molecule has 0 radical (unpaired) electrons. The van der Waals surface area contributed by atoms with Gasteiger partial charge in [-0.2, -0.15) is 0 Å². The molecule has 5 heteroatoms. The SMILES string of the molecule is CN(Cc1cccc(Br)c1)c1cncc(Cl)n1. The van der Waals surface area contributed by atoms with E-state index in [-0.39, 0.29) is 0 Å². The molecule has 2 aromatic rings. The van der Waals surface area contributed by atoms with Crippen LogP contribution in [0, 0.1) is 0 Å². The number of benzene rings is 1. The van der Waals surface area contributed by atoms with E-state index in [0.717, 1.165) is 16.8 Å². The van der Waals surface area contributed by atoms with Crippen LogP contribution < -0.4 is 4.90 Å². The van der Waals surface area contributed by atoms with E-state index < -0.39 is 0 Å². The number of nitrogens with zero attached hydrogens (tertiary/aromatic N) is 3. The Morgan fingerprint density at radius 1 is 1.35 bits per heavy atom. The summed E-state index contributed by atoms with van der Waals surface area (Å²) < 4.78 is 1.07. The van der Waals surface area contributed by atoms with Crippen molar-refractivity contribution in [3.8, 4) is 0 Å². The molecule has 0 atom stereocenters. The van der Waals surface area contributed by atoms with Gasteiger partial charge >= 0.3 is 0 Å². The fraction of sp³-hybridized carbons (Fsp3) is 0.167. The first-order valence-electron chi connectivity index (χ1n) is 5.08. The molecular weight excluding hydrogens is 302 g/mol. The van der Waals surface area contributed by atoms with E-state index in [1.807, 2.05) is 24.1 Å². The van der Waals surface area contributed by atoms with Gasteiger partial charge < -0.3 is 4.90 Å². The van der Waals surface area contributed by atoms with Crippen LogP contribution in [-0.4, -0.2) is 17.0 Å². The number of hydrogen-bond donors (Lipinski definition) is 0. The second kappa shape index (κ2) is 5.47. The molecule has 0 unspecified atom stereocenters. The van der Waals surface area contributed by atoms with E-state index in [1.54, 1.807) is 6.20 Å². The van der Waals surface area contributed by atoms with Crippen LogP contribution in [0.2, 0.25) is 5.15 Å². The molecule has 0 saturated heterocycles. The van der Waals surface area contributed by atoms with Gasteiger partial charge in [0.2, 0.25) is 0 Å². The average Bonchev–Trinajstić information content (AvgIpc) is 2.29. The van der Waals surface area contributed by atoms with Crippen LogP contribution in [0.4, 0.5) is 5.82 Å². The van der Waals surface area contributed by atoms with Gasteiger partial charge in [0.05, 0.1) is 12.4 Å². The van der Waals surface area contributed by atoms with Crippen molar-refractivity contribution in [3.05, 3.63) is 51.8 Å². The fourth-order valence-electron chi connectivity index (χ4n) is 1.51. The molecule has 0 amide bonds. The topological polar surface area (TPSA) is 29.0 Å². The quantitative estimate of drug-likeness (QED) is 0.868. The Morgan fingerprint density at radius 3 is 2.88 bits per heavy atom. The van der Waals surface area contributed by atoms with Crippen molar-refractivity contribution in [2.24, 2.45) is 0 Å². The minimum Gasteiger partial charge on any atom is -0.354 e. The Morgan fingerprint density at radius 2 is 2.18 bits per heavy atom. The number of anilines is 1. The molecule has 3 nitrogen and oxygen atoms in total. The molecule has 17 heavy (non-hydrogen) atoms. The number of hydrogen-bond acceptors (Lipinski definition) is 3. The van der Waals surface area contributed by atoms with Crippen LogP contribution in [0.3, 0.4) is 0 Å². The molecule has 0 saturated carbocycles. The van der Waals surface area contributed by atoms with Crippen molar-refractivity contribution in [1.82, 2.24) is 9.97 Å². The third kappa shape index (κ3) is 3.41. The lowest BCUT2D eigenvalue weighted by atomic mass is 10.2. The first kappa shape index (κ1) is 12.3. The maximum atomic E-state index is 5.81. The van der Waals surface area contributed by atoms with E-state index in [0.29, 0.717) is 5.15 Å². The first-order chi connectivity index (χ1) is 8.15. The lowest BCUT2D eigenvalue weighted by Crippen LogP contribution is -2.17. The highest BCUT2D eigenvalue weighted by Crippen LogP contribution is 2.16. The van der Waals surface area contributed by atoms with Crippen LogP contribution >= 0.6 is 27.5 Å². The Bertz CT molecular complexity index is 519. The highest BCUT2D eigenvalue weighted by Gasteiger charge is 2.04. The molecule has 1 aromatic carbocycles. The van der Waals surface area contributed by atoms with Gasteiger partial charge in [-0.1, -0.05) is 39.7 Å². The Balaban J connectivity index is 2.14. The Labute approximate surface area is 114 Å². The summed E-state index contributed by atoms with van der Waals surface area (Å²) in [6.45, 7) is 0.758. The molecular formula is C12H11BrClN3. The molecule has 0 aliphatic rings. The number of halogens is 2. The molecule has 0 spiro atoms. The van der Waals surface area contributed by atoms with E-state index in [1.165, 1.54) is 11.8 Å². The summed E-state index contributed by atoms with van der Waals surface area (Å²) in [6, 6.07) is 8.16. The van der Waals surface area contributed by atoms with Gasteiger partial charge in [0.25, 0.3) is 0 Å². The average molecular weight is 313 g/mol. The van der Waals surface area contributed by atoms with Gasteiger partial charge in [-0.25, -0.2) is 4.98 Å². The van der Waals surface area contributed by atoms with Crippen LogP contribution in [-0.2, 0) is 6.54 Å². The van der Waals surface area contributed by atoms with E-state index in [9.17, 15) is 0 Å². The summed E-state index contributed by atoms with van der Waals surface area (Å²) in [5.41, 5.74) is 1.20. The molecule has 0 aliphatic heterocycles. The maximum Gasteiger partial charge on any atom is 0.149 e. The predicted molar refractivity (Wildman–Crippen MR) is 73.3 cm³/mol. The van der Waals surface area contributed by atoms with Gasteiger partial charge in [-0.05, 0) is 17.7 Å². The summed E-state index contributed by atoms with van der Waals surface area (Å²) in [6.07, 6.45) is 3.22. The maximum absolute atomic E-state index is 5.81. The largest absolute Gasteiger partial charge is 0.354 e. The van der Waals surface area contributed by atoms with Gasteiger partial charge in [0, 0.05) is 18.1 Å². The molecule has 0 fully saturated rings. The summed E-state index contributed by atoms with van der Waals surface area (Å²) in [4.78, 5) is 10.2. The zero-order valence-corrected chi connectivity index (χ0v) is 11.6. The molecule has 1 aromatic heterocycles. The Kier molecular flexibility index (Phi) is 3.97. The van der Waals surface area contributed by atoms with Crippen LogP contribution in [0.1, 0.15) is 5.56 Å². The second-order valence-electron chi connectivity index (χ2n) is 3.69. The molecule has 0 N–H and O–H groups in total. The Hall–Kier alpha value is -1.13. The van der Waals surface area contributed by atoms with Crippen LogP contribution in [0.5, 0.6) is 0 Å². The number of rotatable bonds is 3. The molecule has 2 rings (SSSR count). The van der Waals surface area contributed by atoms with Gasteiger partial charge in [-0.3, -0.25) is 4.98 Å². The summed E-state index contributed by atoms with van der Waals surface area (Å²) in [7, 11) is 1.96. The van der Waals surface area contributed by atoms with Crippen LogP contribution in [0.25, 0.3) is 0 Å². The van der Waals surface area contributed by atoms with Crippen molar-refractivity contribution >= 4 is 33.3 Å². The zero-order valence-electron chi connectivity index (χ0n) is 9.27. The van der Waals surface area contributed by atoms with Crippen molar-refractivity contribution in [3.63, 3.8) is 0 Å². The summed E-state index contributed by atoms with van der Waals surface area (Å²) >= 11 is 9.26. The second-order valence-corrected chi connectivity index (χ2v) is 4.99. The van der Waals surface area contributed by atoms with Crippen molar-refractivity contribution < 1.29 is 0 Å². The third-order valence-electron chi connectivity index (χ3n) is 2.29. The van der Waals surface area contributed by atoms with Crippen molar-refractivity contribution in [2.45, 2.75) is 6.54 Å². The van der Waals surface area contributed by atoms with Crippen molar-refractivity contribution in [2.75, 3.05) is 11.9 Å². The van der Waals surface area contributed by atoms with Crippen molar-refractivity contribution in [1.29, 1.82) is 0 Å². The monoisotopic (exact) mass is 311 g/mol. The molecule has 1 heterocycles. The summed E-state index contributed by atoms with van der Waals surface area (Å²) in [5.74, 6) is 0.762. The van der Waals surface area contributed by atoms with Gasteiger partial charge in [0.15, 0.2) is 0 Å². The normalized spacial score (nSPS) is 10.3. The lowest BCUT2D eigenvalue weighted by molar-refractivity contribution is 0.889. The standard InChI is InChI=1S/C12H11BrClN3/c1-17(12-7-15-6-11(14)16-12)8-9-3-2-4-10(13)5-9/h2-7H,8H2,1H3. The molecule has 0 aliphatic carbocycles. The first-order valence-corrected chi connectivity index (χ1v) is 6.25.